The Balaban J connectivity index is 2.58. The Morgan fingerprint density at radius 2 is 2.44 bits per heavy atom. The second-order valence-electron chi connectivity index (χ2n) is 3.01. The predicted molar refractivity (Wildman–Crippen MR) is 55.5 cm³/mol. The van der Waals surface area contributed by atoms with Gasteiger partial charge in [0.05, 0.1) is 6.26 Å². The van der Waals surface area contributed by atoms with Gasteiger partial charge in [-0.2, -0.15) is 9.69 Å². The lowest BCUT2D eigenvalue weighted by Crippen LogP contribution is -2.34. The second kappa shape index (κ2) is 5.16. The molecule has 1 atom stereocenters. The maximum atomic E-state index is 11.6. The fraction of sp³-hybridized carbons (Fsp3) is 0.375. The molecule has 8 heteroatoms. The summed E-state index contributed by atoms with van der Waals surface area (Å²) in [6, 6.07) is 2.53. The summed E-state index contributed by atoms with van der Waals surface area (Å²) in [5.41, 5.74) is 0. The quantitative estimate of drug-likeness (QED) is 0.616. The number of carbonyl (C=O) groups excluding carboxylic acids is 1. The summed E-state index contributed by atoms with van der Waals surface area (Å²) in [5, 5.41) is 2.92. The van der Waals surface area contributed by atoms with E-state index in [0.29, 0.717) is 10.8 Å². The Bertz CT molecular complexity index is 391. The number of hydrogen-bond donors (Lipinski definition) is 2. The van der Waals surface area contributed by atoms with E-state index < -0.39 is 13.6 Å². The predicted octanol–water partition coefficient (Wildman–Crippen LogP) is 1.17. The second-order valence-corrected chi connectivity index (χ2v) is 4.76. The number of rotatable bonds is 4. The number of urea groups is 1. The van der Waals surface area contributed by atoms with Crippen LogP contribution in [-0.4, -0.2) is 30.1 Å². The Morgan fingerprint density at radius 1 is 1.75 bits per heavy atom. The molecule has 0 fully saturated rings. The van der Waals surface area contributed by atoms with Gasteiger partial charge in [-0.1, -0.05) is 0 Å². The summed E-state index contributed by atoms with van der Waals surface area (Å²) in [5.74, 6) is 0.316. The van der Waals surface area contributed by atoms with Crippen LogP contribution < -0.4 is 5.32 Å². The zero-order valence-corrected chi connectivity index (χ0v) is 9.81. The molecule has 1 unspecified atom stereocenters. The first-order chi connectivity index (χ1) is 7.44. The van der Waals surface area contributed by atoms with Crippen molar-refractivity contribution in [2.45, 2.75) is 6.16 Å². The summed E-state index contributed by atoms with van der Waals surface area (Å²) in [6.07, 6.45) is 1.10. The van der Waals surface area contributed by atoms with E-state index in [1.807, 2.05) is 0 Å². The SMILES string of the molecule is CNC(=O)N(C)OP(=O)(O)Cc1ccco1. The van der Waals surface area contributed by atoms with Crippen molar-refractivity contribution in [2.75, 3.05) is 14.1 Å². The fourth-order valence-electron chi connectivity index (χ4n) is 1.01. The largest absolute Gasteiger partial charge is 0.469 e. The molecule has 0 aromatic carbocycles. The number of furan rings is 1. The average Bonchev–Trinajstić information content (AvgIpc) is 2.67. The van der Waals surface area contributed by atoms with Crippen molar-refractivity contribution in [3.63, 3.8) is 0 Å². The van der Waals surface area contributed by atoms with E-state index >= 15 is 0 Å². The molecule has 0 aliphatic heterocycles. The van der Waals surface area contributed by atoms with Gasteiger partial charge in [-0.25, -0.2) is 4.79 Å². The molecule has 16 heavy (non-hydrogen) atoms. The molecule has 2 N–H and O–H groups in total. The van der Waals surface area contributed by atoms with Crippen LogP contribution in [0.4, 0.5) is 4.79 Å². The molecular weight excluding hydrogens is 235 g/mol. The van der Waals surface area contributed by atoms with Gasteiger partial charge in [0.25, 0.3) is 0 Å². The number of hydroxylamine groups is 2. The molecule has 2 amide bonds. The molecule has 0 saturated carbocycles. The summed E-state index contributed by atoms with van der Waals surface area (Å²) < 4.78 is 21.1. The highest BCUT2D eigenvalue weighted by molar-refractivity contribution is 7.51. The third-order valence-electron chi connectivity index (χ3n) is 1.69. The summed E-state index contributed by atoms with van der Waals surface area (Å²) in [7, 11) is -1.31. The monoisotopic (exact) mass is 248 g/mol. The normalized spacial score (nSPS) is 14.2. The molecule has 0 bridgehead atoms. The van der Waals surface area contributed by atoms with Gasteiger partial charge < -0.3 is 14.6 Å². The first-order valence-electron chi connectivity index (χ1n) is 4.44. The van der Waals surface area contributed by atoms with Crippen LogP contribution in [0, 0.1) is 0 Å². The van der Waals surface area contributed by atoms with Gasteiger partial charge in [-0.3, -0.25) is 4.57 Å². The maximum Gasteiger partial charge on any atom is 0.357 e. The number of hydrogen-bond acceptors (Lipinski definition) is 4. The van der Waals surface area contributed by atoms with Crippen LogP contribution in [0.2, 0.25) is 0 Å². The van der Waals surface area contributed by atoms with Crippen molar-refractivity contribution in [3.05, 3.63) is 24.2 Å². The van der Waals surface area contributed by atoms with Crippen molar-refractivity contribution < 1.29 is 23.3 Å². The van der Waals surface area contributed by atoms with E-state index in [2.05, 4.69) is 9.94 Å². The van der Waals surface area contributed by atoms with E-state index in [1.54, 1.807) is 12.1 Å². The minimum Gasteiger partial charge on any atom is -0.469 e. The number of amides is 2. The van der Waals surface area contributed by atoms with Crippen LogP contribution in [0.1, 0.15) is 5.76 Å². The maximum absolute atomic E-state index is 11.6. The minimum absolute atomic E-state index is 0.290. The highest BCUT2D eigenvalue weighted by atomic mass is 31.2. The van der Waals surface area contributed by atoms with E-state index in [-0.39, 0.29) is 6.16 Å². The lowest BCUT2D eigenvalue weighted by atomic mass is 10.5. The Morgan fingerprint density at radius 3 is 2.94 bits per heavy atom. The van der Waals surface area contributed by atoms with Crippen LogP contribution in [-0.2, 0) is 15.4 Å². The lowest BCUT2D eigenvalue weighted by Gasteiger charge is -2.18. The smallest absolute Gasteiger partial charge is 0.357 e. The molecule has 90 valence electrons. The minimum atomic E-state index is -3.93. The summed E-state index contributed by atoms with van der Waals surface area (Å²) in [4.78, 5) is 20.5. The van der Waals surface area contributed by atoms with Crippen LogP contribution in [0.3, 0.4) is 0 Å². The molecule has 0 aliphatic carbocycles. The number of nitrogens with zero attached hydrogens (tertiary/aromatic N) is 1. The third-order valence-corrected chi connectivity index (χ3v) is 2.90. The van der Waals surface area contributed by atoms with Crippen LogP contribution in [0.15, 0.2) is 22.8 Å². The van der Waals surface area contributed by atoms with E-state index in [1.165, 1.54) is 20.4 Å². The first-order valence-corrected chi connectivity index (χ1v) is 6.20. The highest BCUT2D eigenvalue weighted by Crippen LogP contribution is 2.46. The van der Waals surface area contributed by atoms with Crippen molar-refractivity contribution in [3.8, 4) is 0 Å². The van der Waals surface area contributed by atoms with E-state index in [4.69, 9.17) is 4.42 Å². The van der Waals surface area contributed by atoms with Crippen LogP contribution in [0.5, 0.6) is 0 Å². The van der Waals surface area contributed by atoms with Crippen molar-refractivity contribution >= 4 is 13.6 Å². The number of carbonyl (C=O) groups is 1. The Labute approximate surface area is 92.5 Å². The van der Waals surface area contributed by atoms with Gasteiger partial charge >= 0.3 is 13.6 Å². The van der Waals surface area contributed by atoms with Gasteiger partial charge in [0.2, 0.25) is 0 Å². The fourth-order valence-corrected chi connectivity index (χ4v) is 2.10. The topological polar surface area (TPSA) is 92.0 Å². The van der Waals surface area contributed by atoms with Gasteiger partial charge in [0, 0.05) is 14.1 Å². The van der Waals surface area contributed by atoms with E-state index in [0.717, 1.165) is 0 Å². The van der Waals surface area contributed by atoms with E-state index in [9.17, 15) is 14.3 Å². The molecule has 0 spiro atoms. The number of nitrogens with one attached hydrogen (secondary N) is 1. The highest BCUT2D eigenvalue weighted by Gasteiger charge is 2.26. The van der Waals surface area contributed by atoms with Gasteiger partial charge in [-0.15, -0.1) is 0 Å². The first kappa shape index (κ1) is 12.8. The third kappa shape index (κ3) is 3.69. The molecule has 1 aromatic rings. The molecule has 1 rings (SSSR count). The molecule has 7 nitrogen and oxygen atoms in total. The molecule has 1 aromatic heterocycles. The van der Waals surface area contributed by atoms with Gasteiger partial charge in [0.1, 0.15) is 11.9 Å². The van der Waals surface area contributed by atoms with Crippen molar-refractivity contribution in [1.29, 1.82) is 0 Å². The van der Waals surface area contributed by atoms with Crippen LogP contribution >= 0.6 is 7.60 Å². The summed E-state index contributed by atoms with van der Waals surface area (Å²) >= 11 is 0. The zero-order valence-electron chi connectivity index (χ0n) is 8.91. The molecule has 1 heterocycles. The average molecular weight is 248 g/mol. The Kier molecular flexibility index (Phi) is 4.12. The Hall–Kier alpha value is -1.30. The van der Waals surface area contributed by atoms with Crippen LogP contribution in [0.25, 0.3) is 0 Å². The standard InChI is InChI=1S/C8H13N2O5P/c1-9-8(11)10(2)15-16(12,13)6-7-4-3-5-14-7/h3-5H,6H2,1-2H3,(H,9,11)(H,12,13). The van der Waals surface area contributed by atoms with Crippen molar-refractivity contribution in [2.24, 2.45) is 0 Å². The summed E-state index contributed by atoms with van der Waals surface area (Å²) in [6.45, 7) is 0. The van der Waals surface area contributed by atoms with Gasteiger partial charge in [0.15, 0.2) is 0 Å². The molecular formula is C8H13N2O5P. The van der Waals surface area contributed by atoms with Crippen molar-refractivity contribution in [1.82, 2.24) is 10.4 Å². The zero-order chi connectivity index (χ0) is 12.2. The molecule has 0 radical (unpaired) electrons. The molecule has 0 saturated heterocycles. The van der Waals surface area contributed by atoms with Gasteiger partial charge in [-0.05, 0) is 12.1 Å². The lowest BCUT2D eigenvalue weighted by molar-refractivity contribution is 0.00110. The molecule has 0 aliphatic rings.